The van der Waals surface area contributed by atoms with E-state index >= 15 is 0 Å². The standard InChI is InChI=1S/C25H31NO6S/c1-6-7-8-9-18-14-21(28)23(20-12-16(4)10-11-19(20)15(2)3)24(30)25(18)33(31,32)26-22(29)13-17(5)27/h10-12,14,28,30H,2,6-9,13H2,1,3-5H3,(H,26,29). The summed E-state index contributed by atoms with van der Waals surface area (Å²) in [5.41, 5.74) is 2.68. The second-order valence-corrected chi connectivity index (χ2v) is 9.92. The minimum atomic E-state index is -4.53. The van der Waals surface area contributed by atoms with Crippen LogP contribution >= 0.6 is 0 Å². The van der Waals surface area contributed by atoms with Gasteiger partial charge in [0.2, 0.25) is 5.91 Å². The third-order valence-corrected chi connectivity index (χ3v) is 6.68. The number of sulfonamides is 1. The van der Waals surface area contributed by atoms with Crippen LogP contribution in [0.15, 0.2) is 35.7 Å². The quantitative estimate of drug-likeness (QED) is 0.342. The van der Waals surface area contributed by atoms with E-state index in [1.165, 1.54) is 13.0 Å². The molecule has 0 aliphatic rings. The van der Waals surface area contributed by atoms with Crippen molar-refractivity contribution in [3.8, 4) is 22.6 Å². The summed E-state index contributed by atoms with van der Waals surface area (Å²) in [6.07, 6.45) is 2.00. The number of allylic oxidation sites excluding steroid dienone is 1. The molecule has 1 amide bonds. The van der Waals surface area contributed by atoms with Gasteiger partial charge >= 0.3 is 0 Å². The number of carbonyl (C=O) groups is 2. The van der Waals surface area contributed by atoms with Crippen molar-refractivity contribution in [1.82, 2.24) is 4.72 Å². The first kappa shape index (κ1) is 26.1. The van der Waals surface area contributed by atoms with Crippen LogP contribution < -0.4 is 4.72 Å². The molecule has 7 nitrogen and oxygen atoms in total. The second kappa shape index (κ2) is 10.7. The van der Waals surface area contributed by atoms with Gasteiger partial charge in [-0.05, 0) is 56.4 Å². The molecule has 2 aromatic carbocycles. The Labute approximate surface area is 195 Å². The maximum Gasteiger partial charge on any atom is 0.268 e. The first-order chi connectivity index (χ1) is 15.4. The average molecular weight is 474 g/mol. The van der Waals surface area contributed by atoms with Crippen LogP contribution in [0.3, 0.4) is 0 Å². The summed E-state index contributed by atoms with van der Waals surface area (Å²) in [5.74, 6) is -2.42. The van der Waals surface area contributed by atoms with Gasteiger partial charge in [-0.25, -0.2) is 13.1 Å². The van der Waals surface area contributed by atoms with Gasteiger partial charge in [-0.3, -0.25) is 9.59 Å². The summed E-state index contributed by atoms with van der Waals surface area (Å²) in [6.45, 7) is 10.7. The molecule has 0 aliphatic heterocycles. The number of rotatable bonds is 10. The lowest BCUT2D eigenvalue weighted by Crippen LogP contribution is -2.32. The van der Waals surface area contributed by atoms with E-state index in [2.05, 4.69) is 6.58 Å². The smallest absolute Gasteiger partial charge is 0.268 e. The number of carbonyl (C=O) groups excluding carboxylic acids is 2. The lowest BCUT2D eigenvalue weighted by Gasteiger charge is -2.19. The Kier molecular flexibility index (Phi) is 8.44. The fraction of sp³-hybridized carbons (Fsp3) is 0.360. The maximum absolute atomic E-state index is 13.2. The van der Waals surface area contributed by atoms with Crippen LogP contribution in [0.25, 0.3) is 16.7 Å². The predicted molar refractivity (Wildman–Crippen MR) is 129 cm³/mol. The first-order valence-corrected chi connectivity index (χ1v) is 12.3. The predicted octanol–water partition coefficient (Wildman–Crippen LogP) is 4.62. The van der Waals surface area contributed by atoms with E-state index in [-0.39, 0.29) is 23.3 Å². The highest BCUT2D eigenvalue weighted by atomic mass is 32.2. The minimum Gasteiger partial charge on any atom is -0.507 e. The molecule has 0 aromatic heterocycles. The van der Waals surface area contributed by atoms with Crippen LogP contribution in [0.1, 0.15) is 63.1 Å². The van der Waals surface area contributed by atoms with Crippen molar-refractivity contribution in [2.24, 2.45) is 0 Å². The van der Waals surface area contributed by atoms with Gasteiger partial charge in [0.1, 0.15) is 22.2 Å². The van der Waals surface area contributed by atoms with E-state index in [1.807, 2.05) is 24.6 Å². The number of hydrogen-bond acceptors (Lipinski definition) is 6. The Bertz CT molecular complexity index is 1200. The Morgan fingerprint density at radius 3 is 2.33 bits per heavy atom. The van der Waals surface area contributed by atoms with E-state index in [0.29, 0.717) is 23.1 Å². The lowest BCUT2D eigenvalue weighted by molar-refractivity contribution is -0.126. The molecule has 0 fully saturated rings. The third kappa shape index (κ3) is 6.22. The molecule has 0 aliphatic carbocycles. The minimum absolute atomic E-state index is 0.0599. The number of ketones is 1. The van der Waals surface area contributed by atoms with Crippen LogP contribution in [0.2, 0.25) is 0 Å². The van der Waals surface area contributed by atoms with E-state index in [1.54, 1.807) is 19.1 Å². The van der Waals surface area contributed by atoms with E-state index in [0.717, 1.165) is 18.4 Å². The highest BCUT2D eigenvalue weighted by Crippen LogP contribution is 2.46. The average Bonchev–Trinajstić information content (AvgIpc) is 2.66. The number of amides is 1. The fourth-order valence-corrected chi connectivity index (χ4v) is 5.04. The Morgan fingerprint density at radius 1 is 1.09 bits per heavy atom. The molecule has 8 heteroatoms. The van der Waals surface area contributed by atoms with Gasteiger partial charge in [-0.2, -0.15) is 0 Å². The Balaban J connectivity index is 2.79. The van der Waals surface area contributed by atoms with Crippen molar-refractivity contribution >= 4 is 27.3 Å². The molecule has 3 N–H and O–H groups in total. The van der Waals surface area contributed by atoms with Gasteiger partial charge in [0.25, 0.3) is 10.0 Å². The number of benzene rings is 2. The van der Waals surface area contributed by atoms with E-state index in [9.17, 15) is 28.2 Å². The normalized spacial score (nSPS) is 11.3. The van der Waals surface area contributed by atoms with Gasteiger partial charge in [0, 0.05) is 0 Å². The van der Waals surface area contributed by atoms with Crippen LogP contribution in [0, 0.1) is 6.92 Å². The Morgan fingerprint density at radius 2 is 1.76 bits per heavy atom. The summed E-state index contributed by atoms with van der Waals surface area (Å²) < 4.78 is 28.2. The Hall–Kier alpha value is -3.13. The number of phenolic OH excluding ortho intramolecular Hbond substituents is 2. The summed E-state index contributed by atoms with van der Waals surface area (Å²) in [7, 11) is -4.53. The van der Waals surface area contributed by atoms with Crippen molar-refractivity contribution in [2.75, 3.05) is 0 Å². The maximum atomic E-state index is 13.2. The van der Waals surface area contributed by atoms with E-state index in [4.69, 9.17) is 0 Å². The van der Waals surface area contributed by atoms with Crippen LogP contribution in [-0.2, 0) is 26.0 Å². The van der Waals surface area contributed by atoms with E-state index < -0.39 is 38.8 Å². The summed E-state index contributed by atoms with van der Waals surface area (Å²) >= 11 is 0. The molecule has 0 radical (unpaired) electrons. The van der Waals surface area contributed by atoms with Gasteiger partial charge in [0.15, 0.2) is 0 Å². The zero-order valence-corrected chi connectivity index (χ0v) is 20.3. The van der Waals surface area contributed by atoms with Crippen molar-refractivity contribution in [3.63, 3.8) is 0 Å². The van der Waals surface area contributed by atoms with Gasteiger partial charge < -0.3 is 10.2 Å². The number of nitrogens with one attached hydrogen (secondary N) is 1. The molecule has 33 heavy (non-hydrogen) atoms. The van der Waals surface area contributed by atoms with Gasteiger partial charge in [0.05, 0.1) is 12.0 Å². The molecule has 2 aromatic rings. The topological polar surface area (TPSA) is 121 Å². The zero-order valence-electron chi connectivity index (χ0n) is 19.5. The molecule has 0 bridgehead atoms. The third-order valence-electron chi connectivity index (χ3n) is 5.19. The molecule has 0 saturated heterocycles. The highest BCUT2D eigenvalue weighted by molar-refractivity contribution is 7.90. The largest absolute Gasteiger partial charge is 0.507 e. The SMILES string of the molecule is C=C(C)c1ccc(C)cc1-c1c(O)cc(CCCCC)c(S(=O)(=O)NC(=O)CC(C)=O)c1O. The number of aryl methyl sites for hydroxylation is 2. The molecule has 0 saturated carbocycles. The molecular weight excluding hydrogens is 442 g/mol. The fourth-order valence-electron chi connectivity index (χ4n) is 3.71. The first-order valence-electron chi connectivity index (χ1n) is 10.8. The van der Waals surface area contributed by atoms with Crippen LogP contribution in [0.4, 0.5) is 0 Å². The molecule has 0 spiro atoms. The number of unbranched alkanes of at least 4 members (excludes halogenated alkanes) is 2. The van der Waals surface area contributed by atoms with Crippen molar-refractivity contribution in [3.05, 3.63) is 47.5 Å². The summed E-state index contributed by atoms with van der Waals surface area (Å²) in [4.78, 5) is 22.9. The van der Waals surface area contributed by atoms with Crippen molar-refractivity contribution in [1.29, 1.82) is 0 Å². The molecule has 2 rings (SSSR count). The summed E-state index contributed by atoms with van der Waals surface area (Å²) in [6, 6.07) is 6.67. The number of aromatic hydroxyl groups is 2. The molecule has 0 unspecified atom stereocenters. The molecule has 0 atom stereocenters. The molecule has 0 heterocycles. The number of phenols is 2. The molecule has 178 valence electrons. The number of hydrogen-bond donors (Lipinski definition) is 3. The zero-order chi connectivity index (χ0) is 24.9. The summed E-state index contributed by atoms with van der Waals surface area (Å²) in [5, 5.41) is 22.1. The van der Waals surface area contributed by atoms with Crippen molar-refractivity contribution in [2.45, 2.75) is 64.7 Å². The highest BCUT2D eigenvalue weighted by Gasteiger charge is 2.30. The number of Topliss-reactive ketones (excluding diaryl/α,β-unsaturated/α-hetero) is 1. The monoisotopic (exact) mass is 473 g/mol. The molecular formula is C25H31NO6S. The lowest BCUT2D eigenvalue weighted by atomic mass is 9.91. The van der Waals surface area contributed by atoms with Crippen molar-refractivity contribution < 1.29 is 28.2 Å². The van der Waals surface area contributed by atoms with Crippen LogP contribution in [-0.4, -0.2) is 30.3 Å². The van der Waals surface area contributed by atoms with Crippen LogP contribution in [0.5, 0.6) is 11.5 Å². The second-order valence-electron chi connectivity index (χ2n) is 8.30. The van der Waals surface area contributed by atoms with Gasteiger partial charge in [-0.15, -0.1) is 0 Å². The van der Waals surface area contributed by atoms with Gasteiger partial charge in [-0.1, -0.05) is 55.7 Å².